The Morgan fingerprint density at radius 3 is 2.77 bits per heavy atom. The number of hydrogen-bond acceptors (Lipinski definition) is 4. The minimum Gasteiger partial charge on any atom is -0.363 e. The van der Waals surface area contributed by atoms with E-state index in [1.807, 2.05) is 41.4 Å². The van der Waals surface area contributed by atoms with Gasteiger partial charge in [-0.15, -0.1) is 0 Å². The number of hydrogen-bond donors (Lipinski definition) is 2. The number of fused-ring (bicyclic) bond motifs is 2. The molecule has 2 N–H and O–H groups in total. The Morgan fingerprint density at radius 2 is 1.93 bits per heavy atom. The number of H-pyrrole nitrogens is 1. The van der Waals surface area contributed by atoms with Gasteiger partial charge in [-0.1, -0.05) is 36.4 Å². The number of aromatic nitrogens is 1. The largest absolute Gasteiger partial charge is 0.363 e. The molecule has 0 saturated heterocycles. The summed E-state index contributed by atoms with van der Waals surface area (Å²) in [6, 6.07) is 15.6. The van der Waals surface area contributed by atoms with Crippen LogP contribution in [0, 0.1) is 0 Å². The maximum Gasteiger partial charge on any atom is 0.249 e. The smallest absolute Gasteiger partial charge is 0.249 e. The molecule has 1 amide bonds. The van der Waals surface area contributed by atoms with Gasteiger partial charge in [0.05, 0.1) is 12.1 Å². The first-order chi connectivity index (χ1) is 14.6. The molecule has 1 aromatic heterocycles. The third-order valence-electron chi connectivity index (χ3n) is 5.86. The number of para-hydroxylation sites is 1. The van der Waals surface area contributed by atoms with Crippen molar-refractivity contribution >= 4 is 22.5 Å². The number of aromatic amines is 1. The lowest BCUT2D eigenvalue weighted by Gasteiger charge is -2.31. The molecule has 1 aliphatic rings. The SMILES string of the molecule is O=C(Cc1c[nH]c2ccccc12)NCc1ccc2c(c1)CN(c1cc(=O)c1=O)CC2. The van der Waals surface area contributed by atoms with Crippen LogP contribution in [0.25, 0.3) is 10.9 Å². The third kappa shape index (κ3) is 3.30. The van der Waals surface area contributed by atoms with Gasteiger partial charge in [-0.2, -0.15) is 0 Å². The maximum absolute atomic E-state index is 12.5. The summed E-state index contributed by atoms with van der Waals surface area (Å²) in [7, 11) is 0. The predicted octanol–water partition coefficient (Wildman–Crippen LogP) is 2.19. The van der Waals surface area contributed by atoms with Gasteiger partial charge in [0.2, 0.25) is 16.8 Å². The number of amides is 1. The molecule has 5 rings (SSSR count). The minimum absolute atomic E-state index is 0.0252. The highest BCUT2D eigenvalue weighted by atomic mass is 16.2. The molecule has 0 fully saturated rings. The van der Waals surface area contributed by atoms with E-state index >= 15 is 0 Å². The quantitative estimate of drug-likeness (QED) is 0.504. The molecule has 0 unspecified atom stereocenters. The highest BCUT2D eigenvalue weighted by molar-refractivity contribution is 5.88. The fourth-order valence-corrected chi connectivity index (χ4v) is 4.18. The summed E-state index contributed by atoms with van der Waals surface area (Å²) in [6.07, 6.45) is 3.05. The molecule has 30 heavy (non-hydrogen) atoms. The second kappa shape index (κ2) is 7.30. The lowest BCUT2D eigenvalue weighted by molar-refractivity contribution is -0.120. The molecule has 4 aromatic rings. The van der Waals surface area contributed by atoms with Crippen molar-refractivity contribution in [2.45, 2.75) is 25.9 Å². The van der Waals surface area contributed by atoms with E-state index in [0.717, 1.165) is 40.6 Å². The van der Waals surface area contributed by atoms with E-state index in [-0.39, 0.29) is 11.3 Å². The van der Waals surface area contributed by atoms with Crippen LogP contribution in [-0.4, -0.2) is 17.4 Å². The normalized spacial score (nSPS) is 13.5. The van der Waals surface area contributed by atoms with E-state index in [1.165, 1.54) is 11.6 Å². The zero-order valence-corrected chi connectivity index (χ0v) is 16.4. The molecule has 0 aliphatic carbocycles. The van der Waals surface area contributed by atoms with E-state index in [9.17, 15) is 14.4 Å². The molecule has 6 heteroatoms. The van der Waals surface area contributed by atoms with Gasteiger partial charge >= 0.3 is 0 Å². The molecule has 0 atom stereocenters. The van der Waals surface area contributed by atoms with Crippen molar-refractivity contribution in [1.82, 2.24) is 10.3 Å². The van der Waals surface area contributed by atoms with E-state index in [0.29, 0.717) is 25.2 Å². The number of nitrogens with zero attached hydrogens (tertiary/aromatic N) is 1. The molecule has 2 heterocycles. The first kappa shape index (κ1) is 18.4. The molecule has 0 radical (unpaired) electrons. The van der Waals surface area contributed by atoms with Gasteiger partial charge in [-0.05, 0) is 34.7 Å². The van der Waals surface area contributed by atoms with E-state index in [4.69, 9.17) is 0 Å². The number of carbonyl (C=O) groups is 1. The molecule has 150 valence electrons. The van der Waals surface area contributed by atoms with Gasteiger partial charge in [0, 0.05) is 42.8 Å². The standard InChI is InChI=1S/C24H21N3O3/c28-22-11-21(24(22)30)27-8-7-16-6-5-15(9-18(16)14-27)12-26-23(29)10-17-13-25-20-4-2-1-3-19(17)20/h1-6,9,11,13,25H,7-8,10,12,14H2,(H,26,29). The topological polar surface area (TPSA) is 82.3 Å². The van der Waals surface area contributed by atoms with Gasteiger partial charge in [0.1, 0.15) is 0 Å². The zero-order chi connectivity index (χ0) is 20.7. The lowest BCUT2D eigenvalue weighted by Crippen LogP contribution is -2.41. The van der Waals surface area contributed by atoms with E-state index < -0.39 is 5.43 Å². The highest BCUT2D eigenvalue weighted by Gasteiger charge is 2.22. The minimum atomic E-state index is -0.414. The Hall–Kier alpha value is -3.67. The highest BCUT2D eigenvalue weighted by Crippen LogP contribution is 2.23. The van der Waals surface area contributed by atoms with Crippen molar-refractivity contribution < 1.29 is 4.79 Å². The van der Waals surface area contributed by atoms with Crippen molar-refractivity contribution in [2.24, 2.45) is 0 Å². The van der Waals surface area contributed by atoms with E-state index in [1.54, 1.807) is 0 Å². The number of nitrogens with one attached hydrogen (secondary N) is 2. The van der Waals surface area contributed by atoms with Crippen LogP contribution in [0.1, 0.15) is 22.3 Å². The van der Waals surface area contributed by atoms with Crippen molar-refractivity contribution in [3.05, 3.63) is 97.4 Å². The van der Waals surface area contributed by atoms with Gasteiger partial charge in [-0.3, -0.25) is 14.4 Å². The lowest BCUT2D eigenvalue weighted by atomic mass is 9.96. The van der Waals surface area contributed by atoms with Gasteiger partial charge in [0.15, 0.2) is 0 Å². The Morgan fingerprint density at radius 1 is 1.07 bits per heavy atom. The van der Waals surface area contributed by atoms with Crippen molar-refractivity contribution in [2.75, 3.05) is 11.4 Å². The van der Waals surface area contributed by atoms with Crippen LogP contribution in [0.3, 0.4) is 0 Å². The van der Waals surface area contributed by atoms with Crippen molar-refractivity contribution in [3.63, 3.8) is 0 Å². The number of rotatable bonds is 5. The predicted molar refractivity (Wildman–Crippen MR) is 116 cm³/mol. The van der Waals surface area contributed by atoms with Crippen LogP contribution in [0.4, 0.5) is 5.69 Å². The molecule has 6 nitrogen and oxygen atoms in total. The van der Waals surface area contributed by atoms with Crippen LogP contribution in [0.2, 0.25) is 0 Å². The van der Waals surface area contributed by atoms with Crippen molar-refractivity contribution in [1.29, 1.82) is 0 Å². The van der Waals surface area contributed by atoms with Crippen LogP contribution in [0.5, 0.6) is 0 Å². The molecule has 1 aliphatic heterocycles. The van der Waals surface area contributed by atoms with Gasteiger partial charge in [-0.25, -0.2) is 0 Å². The molecule has 0 bridgehead atoms. The average molecular weight is 399 g/mol. The summed E-state index contributed by atoms with van der Waals surface area (Å²) in [4.78, 5) is 40.6. The Kier molecular flexibility index (Phi) is 4.47. The monoisotopic (exact) mass is 399 g/mol. The molecular formula is C24H21N3O3. The summed E-state index contributed by atoms with van der Waals surface area (Å²) in [6.45, 7) is 1.80. The molecular weight excluding hydrogens is 378 g/mol. The Balaban J connectivity index is 1.24. The average Bonchev–Trinajstić information content (AvgIpc) is 3.18. The van der Waals surface area contributed by atoms with E-state index in [2.05, 4.69) is 22.4 Å². The Bertz CT molecular complexity index is 1330. The van der Waals surface area contributed by atoms with Gasteiger partial charge in [0.25, 0.3) is 0 Å². The summed E-state index contributed by atoms with van der Waals surface area (Å²) in [5.41, 5.74) is 5.13. The van der Waals surface area contributed by atoms with Crippen LogP contribution in [0.15, 0.2) is 64.3 Å². The van der Waals surface area contributed by atoms with Crippen LogP contribution >= 0.6 is 0 Å². The summed E-state index contributed by atoms with van der Waals surface area (Å²) >= 11 is 0. The van der Waals surface area contributed by atoms with Crippen molar-refractivity contribution in [3.8, 4) is 0 Å². The number of carbonyl (C=O) groups excluding carboxylic acids is 1. The second-order valence-electron chi connectivity index (χ2n) is 7.81. The third-order valence-corrected chi connectivity index (χ3v) is 5.86. The second-order valence-corrected chi connectivity index (χ2v) is 7.81. The maximum atomic E-state index is 12.5. The molecule has 0 saturated carbocycles. The fourth-order valence-electron chi connectivity index (χ4n) is 4.18. The van der Waals surface area contributed by atoms with Crippen LogP contribution < -0.4 is 21.1 Å². The fraction of sp³-hybridized carbons (Fsp3) is 0.208. The molecule has 3 aromatic carbocycles. The molecule has 0 spiro atoms. The Labute approximate surface area is 172 Å². The van der Waals surface area contributed by atoms with Crippen LogP contribution in [-0.2, 0) is 30.7 Å². The number of anilines is 1. The summed E-state index contributed by atoms with van der Waals surface area (Å²) in [5, 5.41) is 4.07. The zero-order valence-electron chi connectivity index (χ0n) is 16.4. The first-order valence-corrected chi connectivity index (χ1v) is 10.1. The first-order valence-electron chi connectivity index (χ1n) is 10.1. The summed E-state index contributed by atoms with van der Waals surface area (Å²) in [5.74, 6) is -0.0252. The van der Waals surface area contributed by atoms with Gasteiger partial charge < -0.3 is 15.2 Å². The number of benzene rings is 2. The summed E-state index contributed by atoms with van der Waals surface area (Å²) < 4.78 is 0.